The Morgan fingerprint density at radius 2 is 1.69 bits per heavy atom. The van der Waals surface area contributed by atoms with E-state index in [9.17, 15) is 18.8 Å². The van der Waals surface area contributed by atoms with E-state index in [-0.39, 0.29) is 17.4 Å². The summed E-state index contributed by atoms with van der Waals surface area (Å²) >= 11 is 0. The van der Waals surface area contributed by atoms with E-state index in [2.05, 4.69) is 10.6 Å². The van der Waals surface area contributed by atoms with Crippen LogP contribution in [0.5, 0.6) is 0 Å². The van der Waals surface area contributed by atoms with Crippen molar-refractivity contribution in [2.75, 3.05) is 7.11 Å². The van der Waals surface area contributed by atoms with Crippen LogP contribution >= 0.6 is 0 Å². The van der Waals surface area contributed by atoms with Crippen LogP contribution in [0.3, 0.4) is 0 Å². The molecule has 0 bridgehead atoms. The minimum atomic E-state index is -0.918. The van der Waals surface area contributed by atoms with E-state index in [0.717, 1.165) is 0 Å². The van der Waals surface area contributed by atoms with Gasteiger partial charge in [0.1, 0.15) is 17.9 Å². The first kappa shape index (κ1) is 21.6. The van der Waals surface area contributed by atoms with Gasteiger partial charge >= 0.3 is 5.97 Å². The molecule has 2 amide bonds. The van der Waals surface area contributed by atoms with Crippen molar-refractivity contribution >= 4 is 17.8 Å². The zero-order valence-electron chi connectivity index (χ0n) is 15.8. The zero-order chi connectivity index (χ0) is 19.9. The van der Waals surface area contributed by atoms with Gasteiger partial charge in [0.2, 0.25) is 5.91 Å². The second-order valence-electron chi connectivity index (χ2n) is 6.57. The lowest BCUT2D eigenvalue weighted by Gasteiger charge is -2.27. The molecule has 0 fully saturated rings. The lowest BCUT2D eigenvalue weighted by Crippen LogP contribution is -2.55. The predicted octanol–water partition coefficient (Wildman–Crippen LogP) is 2.28. The predicted molar refractivity (Wildman–Crippen MR) is 95.9 cm³/mol. The number of rotatable bonds is 8. The number of esters is 1. The van der Waals surface area contributed by atoms with E-state index < -0.39 is 35.7 Å². The molecule has 1 rings (SSSR count). The van der Waals surface area contributed by atoms with Gasteiger partial charge in [-0.15, -0.1) is 0 Å². The summed E-state index contributed by atoms with van der Waals surface area (Å²) in [4.78, 5) is 36.9. The van der Waals surface area contributed by atoms with Crippen molar-refractivity contribution in [3.8, 4) is 0 Å². The number of carbonyl (C=O) groups is 3. The number of nitrogens with one attached hydrogen (secondary N) is 2. The first-order valence-electron chi connectivity index (χ1n) is 8.66. The average Bonchev–Trinajstić information content (AvgIpc) is 2.62. The number of halogens is 1. The fraction of sp³-hybridized carbons (Fsp3) is 0.526. The van der Waals surface area contributed by atoms with Gasteiger partial charge in [-0.3, -0.25) is 9.59 Å². The smallest absolute Gasteiger partial charge is 0.328 e. The highest BCUT2D eigenvalue weighted by molar-refractivity contribution is 5.98. The average molecular weight is 366 g/mol. The molecule has 0 saturated carbocycles. The minimum absolute atomic E-state index is 0.138. The highest BCUT2D eigenvalue weighted by atomic mass is 19.1. The number of methoxy groups -OCH3 is 1. The second kappa shape index (κ2) is 9.89. The van der Waals surface area contributed by atoms with E-state index in [1.807, 2.05) is 13.8 Å². The Morgan fingerprint density at radius 3 is 2.19 bits per heavy atom. The van der Waals surface area contributed by atoms with Gasteiger partial charge < -0.3 is 15.4 Å². The molecular weight excluding hydrogens is 339 g/mol. The third-order valence-corrected chi connectivity index (χ3v) is 4.32. The Balaban J connectivity index is 2.94. The van der Waals surface area contributed by atoms with Crippen LogP contribution in [0.2, 0.25) is 0 Å². The number of hydrogen-bond acceptors (Lipinski definition) is 4. The first-order chi connectivity index (χ1) is 12.2. The van der Waals surface area contributed by atoms with E-state index in [4.69, 9.17) is 4.74 Å². The van der Waals surface area contributed by atoms with Gasteiger partial charge in [-0.25, -0.2) is 9.18 Å². The normalized spacial score (nSPS) is 14.3. The summed E-state index contributed by atoms with van der Waals surface area (Å²) in [6.45, 7) is 7.22. The fourth-order valence-corrected chi connectivity index (χ4v) is 2.44. The number of ether oxygens (including phenoxy) is 1. The Kier molecular flexibility index (Phi) is 8.22. The topological polar surface area (TPSA) is 84.5 Å². The van der Waals surface area contributed by atoms with E-state index in [1.165, 1.54) is 25.3 Å². The maximum atomic E-state index is 13.8. The van der Waals surface area contributed by atoms with Gasteiger partial charge in [0.05, 0.1) is 12.7 Å². The van der Waals surface area contributed by atoms with E-state index in [0.29, 0.717) is 6.42 Å². The first-order valence-corrected chi connectivity index (χ1v) is 8.66. The van der Waals surface area contributed by atoms with Crippen LogP contribution in [-0.4, -0.2) is 37.0 Å². The van der Waals surface area contributed by atoms with Gasteiger partial charge in [-0.1, -0.05) is 46.2 Å². The molecule has 0 saturated heterocycles. The van der Waals surface area contributed by atoms with Crippen LogP contribution in [0.25, 0.3) is 0 Å². The van der Waals surface area contributed by atoms with Crippen molar-refractivity contribution in [1.29, 1.82) is 0 Å². The highest BCUT2D eigenvalue weighted by Gasteiger charge is 2.32. The molecule has 1 aromatic rings. The van der Waals surface area contributed by atoms with Gasteiger partial charge in [0.25, 0.3) is 5.91 Å². The summed E-state index contributed by atoms with van der Waals surface area (Å²) in [6.07, 6.45) is 0.661. The van der Waals surface area contributed by atoms with Gasteiger partial charge in [0.15, 0.2) is 0 Å². The summed E-state index contributed by atoms with van der Waals surface area (Å²) in [5, 5.41) is 5.20. The molecule has 0 aliphatic rings. The minimum Gasteiger partial charge on any atom is -0.467 e. The summed E-state index contributed by atoms with van der Waals surface area (Å²) < 4.78 is 18.5. The SMILES string of the molecule is CC[C@@H](C)[C@H](NC(=O)[C@H](NC(=O)c1ccccc1F)C(C)C)C(=O)OC. The number of carbonyl (C=O) groups excluding carboxylic acids is 3. The fourth-order valence-electron chi connectivity index (χ4n) is 2.44. The molecule has 0 aromatic heterocycles. The molecule has 0 aliphatic carbocycles. The van der Waals surface area contributed by atoms with Crippen LogP contribution in [0, 0.1) is 17.7 Å². The highest BCUT2D eigenvalue weighted by Crippen LogP contribution is 2.12. The standard InChI is InChI=1S/C19H27FN2O4/c1-6-12(4)16(19(25)26-5)22-18(24)15(11(2)3)21-17(23)13-9-7-8-10-14(13)20/h7-12,15-16H,6H2,1-5H3,(H,21,23)(H,22,24)/t12-,15-,16+/m1/s1. The molecule has 1 aromatic carbocycles. The van der Waals surface area contributed by atoms with Crippen LogP contribution in [0.1, 0.15) is 44.5 Å². The number of amides is 2. The lowest BCUT2D eigenvalue weighted by atomic mass is 9.97. The molecule has 3 atom stereocenters. The molecule has 0 heterocycles. The third-order valence-electron chi connectivity index (χ3n) is 4.32. The van der Waals surface area contributed by atoms with Crippen molar-refractivity contribution < 1.29 is 23.5 Å². The summed E-state index contributed by atoms with van der Waals surface area (Å²) in [5.74, 6) is -2.81. The summed E-state index contributed by atoms with van der Waals surface area (Å²) in [6, 6.07) is 3.80. The van der Waals surface area contributed by atoms with Crippen molar-refractivity contribution in [2.45, 2.75) is 46.2 Å². The number of benzene rings is 1. The molecule has 0 aliphatic heterocycles. The van der Waals surface area contributed by atoms with E-state index in [1.54, 1.807) is 19.9 Å². The molecule has 0 spiro atoms. The zero-order valence-corrected chi connectivity index (χ0v) is 15.8. The van der Waals surface area contributed by atoms with Crippen LogP contribution in [-0.2, 0) is 14.3 Å². The van der Waals surface area contributed by atoms with Crippen molar-refractivity contribution in [3.63, 3.8) is 0 Å². The number of hydrogen-bond donors (Lipinski definition) is 2. The third kappa shape index (κ3) is 5.54. The summed E-state index contributed by atoms with van der Waals surface area (Å²) in [5.41, 5.74) is -0.141. The van der Waals surface area contributed by atoms with Crippen LogP contribution in [0.4, 0.5) is 4.39 Å². The Morgan fingerprint density at radius 1 is 1.08 bits per heavy atom. The van der Waals surface area contributed by atoms with Crippen molar-refractivity contribution in [1.82, 2.24) is 10.6 Å². The lowest BCUT2D eigenvalue weighted by molar-refractivity contribution is -0.147. The van der Waals surface area contributed by atoms with Gasteiger partial charge in [0, 0.05) is 0 Å². The second-order valence-corrected chi connectivity index (χ2v) is 6.57. The van der Waals surface area contributed by atoms with Crippen LogP contribution in [0.15, 0.2) is 24.3 Å². The molecule has 6 nitrogen and oxygen atoms in total. The largest absolute Gasteiger partial charge is 0.467 e. The quantitative estimate of drug-likeness (QED) is 0.692. The monoisotopic (exact) mass is 366 g/mol. The molecule has 0 unspecified atom stereocenters. The van der Waals surface area contributed by atoms with Crippen molar-refractivity contribution in [3.05, 3.63) is 35.6 Å². The molecule has 0 radical (unpaired) electrons. The van der Waals surface area contributed by atoms with E-state index >= 15 is 0 Å². The Labute approximate surface area is 153 Å². The molecule has 144 valence electrons. The maximum absolute atomic E-state index is 13.8. The van der Waals surface area contributed by atoms with Gasteiger partial charge in [-0.2, -0.15) is 0 Å². The molecule has 26 heavy (non-hydrogen) atoms. The van der Waals surface area contributed by atoms with Crippen molar-refractivity contribution in [2.24, 2.45) is 11.8 Å². The summed E-state index contributed by atoms with van der Waals surface area (Å²) in [7, 11) is 1.25. The molecular formula is C19H27FN2O4. The maximum Gasteiger partial charge on any atom is 0.328 e. The molecule has 7 heteroatoms. The Bertz CT molecular complexity index is 648. The van der Waals surface area contributed by atoms with Gasteiger partial charge in [-0.05, 0) is 24.0 Å². The molecule has 2 N–H and O–H groups in total. The van der Waals surface area contributed by atoms with Crippen LogP contribution < -0.4 is 10.6 Å². The Hall–Kier alpha value is -2.44.